The number of hydrazine groups is 1. The van der Waals surface area contributed by atoms with Crippen molar-refractivity contribution in [1.82, 2.24) is 5.43 Å². The van der Waals surface area contributed by atoms with Crippen LogP contribution < -0.4 is 16.2 Å². The highest BCUT2D eigenvalue weighted by Gasteiger charge is 2.12. The standard InChI is InChI=1S/C9H10N4O2/c10-9-5-6-12(11-9)7-1-3-8(4-2-7)13(14)15/h1-5,11H,6,10H2. The number of nitro groups is 1. The molecular weight excluding hydrogens is 196 g/mol. The van der Waals surface area contributed by atoms with Crippen LogP contribution in [0.5, 0.6) is 0 Å². The van der Waals surface area contributed by atoms with Gasteiger partial charge in [0.25, 0.3) is 5.69 Å². The molecule has 0 aliphatic carbocycles. The summed E-state index contributed by atoms with van der Waals surface area (Å²) < 4.78 is 0. The Morgan fingerprint density at radius 3 is 2.53 bits per heavy atom. The third kappa shape index (κ3) is 1.83. The Kier molecular flexibility index (Phi) is 2.17. The van der Waals surface area contributed by atoms with E-state index in [4.69, 9.17) is 5.73 Å². The van der Waals surface area contributed by atoms with Crippen LogP contribution in [-0.4, -0.2) is 11.5 Å². The van der Waals surface area contributed by atoms with Gasteiger partial charge >= 0.3 is 0 Å². The second-order valence-corrected chi connectivity index (χ2v) is 3.16. The Balaban J connectivity index is 2.14. The van der Waals surface area contributed by atoms with Crippen LogP contribution in [0, 0.1) is 10.1 Å². The molecule has 2 rings (SSSR count). The van der Waals surface area contributed by atoms with Gasteiger partial charge < -0.3 is 5.73 Å². The molecule has 0 radical (unpaired) electrons. The topological polar surface area (TPSA) is 84.4 Å². The maximum absolute atomic E-state index is 10.4. The first-order valence-electron chi connectivity index (χ1n) is 4.41. The average molecular weight is 206 g/mol. The van der Waals surface area contributed by atoms with E-state index >= 15 is 0 Å². The van der Waals surface area contributed by atoms with E-state index in [9.17, 15) is 10.1 Å². The number of anilines is 1. The molecule has 0 atom stereocenters. The van der Waals surface area contributed by atoms with Crippen molar-refractivity contribution >= 4 is 11.4 Å². The van der Waals surface area contributed by atoms with Crippen LogP contribution in [-0.2, 0) is 0 Å². The molecule has 1 heterocycles. The number of hydrogen-bond acceptors (Lipinski definition) is 5. The summed E-state index contributed by atoms with van der Waals surface area (Å²) in [6.45, 7) is 0.656. The molecule has 0 bridgehead atoms. The molecule has 1 aliphatic rings. The Hall–Kier alpha value is -2.24. The third-order valence-corrected chi connectivity index (χ3v) is 2.13. The molecule has 0 saturated carbocycles. The van der Waals surface area contributed by atoms with Crippen LogP contribution in [0.2, 0.25) is 0 Å². The Morgan fingerprint density at radius 2 is 2.07 bits per heavy atom. The molecule has 0 unspecified atom stereocenters. The lowest BCUT2D eigenvalue weighted by Crippen LogP contribution is -2.33. The van der Waals surface area contributed by atoms with E-state index in [1.54, 1.807) is 17.1 Å². The molecule has 0 aromatic heterocycles. The number of non-ortho nitro benzene ring substituents is 1. The Morgan fingerprint density at radius 1 is 1.40 bits per heavy atom. The smallest absolute Gasteiger partial charge is 0.269 e. The average Bonchev–Trinajstić information content (AvgIpc) is 2.65. The van der Waals surface area contributed by atoms with Crippen molar-refractivity contribution in [2.24, 2.45) is 5.73 Å². The van der Waals surface area contributed by atoms with E-state index in [2.05, 4.69) is 5.43 Å². The molecule has 0 saturated heterocycles. The predicted molar refractivity (Wildman–Crippen MR) is 55.8 cm³/mol. The van der Waals surface area contributed by atoms with E-state index < -0.39 is 4.92 Å². The lowest BCUT2D eigenvalue weighted by Gasteiger charge is -2.18. The van der Waals surface area contributed by atoms with Gasteiger partial charge in [0.2, 0.25) is 0 Å². The maximum atomic E-state index is 10.4. The lowest BCUT2D eigenvalue weighted by atomic mass is 10.3. The minimum absolute atomic E-state index is 0.0823. The van der Waals surface area contributed by atoms with E-state index in [0.29, 0.717) is 12.4 Å². The van der Waals surface area contributed by atoms with Crippen LogP contribution in [0.4, 0.5) is 11.4 Å². The summed E-state index contributed by atoms with van der Waals surface area (Å²) in [5.74, 6) is 0.591. The summed E-state index contributed by atoms with van der Waals surface area (Å²) in [7, 11) is 0. The lowest BCUT2D eigenvalue weighted by molar-refractivity contribution is -0.384. The predicted octanol–water partition coefficient (Wildman–Crippen LogP) is 0.719. The zero-order valence-electron chi connectivity index (χ0n) is 7.88. The van der Waals surface area contributed by atoms with Crippen molar-refractivity contribution in [2.45, 2.75) is 0 Å². The van der Waals surface area contributed by atoms with Gasteiger partial charge in [0.05, 0.1) is 17.2 Å². The first kappa shape index (κ1) is 9.32. The van der Waals surface area contributed by atoms with Crippen LogP contribution >= 0.6 is 0 Å². The number of nitrogens with one attached hydrogen (secondary N) is 1. The fourth-order valence-electron chi connectivity index (χ4n) is 1.36. The van der Waals surface area contributed by atoms with Gasteiger partial charge in [0.15, 0.2) is 0 Å². The fraction of sp³-hybridized carbons (Fsp3) is 0.111. The van der Waals surface area contributed by atoms with Crippen molar-refractivity contribution in [2.75, 3.05) is 11.6 Å². The summed E-state index contributed by atoms with van der Waals surface area (Å²) in [6, 6.07) is 6.28. The number of nitro benzene ring substituents is 1. The number of nitrogens with two attached hydrogens (primary N) is 1. The first-order chi connectivity index (χ1) is 7.16. The second kappa shape index (κ2) is 3.49. The summed E-state index contributed by atoms with van der Waals surface area (Å²) in [5.41, 5.74) is 9.39. The summed E-state index contributed by atoms with van der Waals surface area (Å²) in [5, 5.41) is 12.2. The Bertz CT molecular complexity index is 413. The van der Waals surface area contributed by atoms with Gasteiger partial charge in [-0.1, -0.05) is 0 Å². The van der Waals surface area contributed by atoms with Crippen molar-refractivity contribution in [1.29, 1.82) is 0 Å². The highest BCUT2D eigenvalue weighted by molar-refractivity contribution is 5.51. The molecule has 1 aromatic rings. The second-order valence-electron chi connectivity index (χ2n) is 3.16. The van der Waals surface area contributed by atoms with E-state index in [1.807, 2.05) is 6.08 Å². The molecule has 0 spiro atoms. The quantitative estimate of drug-likeness (QED) is 0.550. The van der Waals surface area contributed by atoms with Gasteiger partial charge in [-0.05, 0) is 18.2 Å². The molecule has 6 nitrogen and oxygen atoms in total. The van der Waals surface area contributed by atoms with Gasteiger partial charge in [0, 0.05) is 12.1 Å². The molecule has 1 aliphatic heterocycles. The monoisotopic (exact) mass is 206 g/mol. The molecular formula is C9H10N4O2. The van der Waals surface area contributed by atoms with Crippen molar-refractivity contribution in [3.05, 3.63) is 46.3 Å². The van der Waals surface area contributed by atoms with Gasteiger partial charge in [-0.25, -0.2) is 0 Å². The highest BCUT2D eigenvalue weighted by atomic mass is 16.6. The largest absolute Gasteiger partial charge is 0.384 e. The Labute approximate surface area is 86.1 Å². The van der Waals surface area contributed by atoms with Crippen LogP contribution in [0.15, 0.2) is 36.2 Å². The first-order valence-corrected chi connectivity index (χ1v) is 4.41. The third-order valence-electron chi connectivity index (χ3n) is 2.13. The summed E-state index contributed by atoms with van der Waals surface area (Å²) >= 11 is 0. The molecule has 0 fully saturated rings. The molecule has 3 N–H and O–H groups in total. The van der Waals surface area contributed by atoms with E-state index in [-0.39, 0.29) is 5.69 Å². The van der Waals surface area contributed by atoms with Gasteiger partial charge in [-0.15, -0.1) is 0 Å². The normalized spacial score (nSPS) is 14.7. The SMILES string of the molecule is NC1=CCN(c2ccc([N+](=O)[O-])cc2)N1. The summed E-state index contributed by atoms with van der Waals surface area (Å²) in [4.78, 5) is 10.0. The molecule has 0 amide bonds. The highest BCUT2D eigenvalue weighted by Crippen LogP contribution is 2.19. The number of nitrogens with zero attached hydrogens (tertiary/aromatic N) is 2. The van der Waals surface area contributed by atoms with E-state index in [0.717, 1.165) is 5.69 Å². The van der Waals surface area contributed by atoms with Crippen LogP contribution in [0.25, 0.3) is 0 Å². The van der Waals surface area contributed by atoms with Crippen molar-refractivity contribution in [3.8, 4) is 0 Å². The maximum Gasteiger partial charge on any atom is 0.269 e. The molecule has 6 heteroatoms. The van der Waals surface area contributed by atoms with Crippen molar-refractivity contribution < 1.29 is 4.92 Å². The number of benzene rings is 1. The zero-order chi connectivity index (χ0) is 10.8. The minimum atomic E-state index is -0.423. The van der Waals surface area contributed by atoms with Crippen LogP contribution in [0.3, 0.4) is 0 Å². The molecule has 78 valence electrons. The van der Waals surface area contributed by atoms with Gasteiger partial charge in [0.1, 0.15) is 5.82 Å². The van der Waals surface area contributed by atoms with E-state index in [1.165, 1.54) is 12.1 Å². The molecule has 1 aromatic carbocycles. The fourth-order valence-corrected chi connectivity index (χ4v) is 1.36. The van der Waals surface area contributed by atoms with Gasteiger partial charge in [-0.2, -0.15) is 0 Å². The van der Waals surface area contributed by atoms with Gasteiger partial charge in [-0.3, -0.25) is 20.5 Å². The number of hydrogen-bond donors (Lipinski definition) is 2. The molecule has 15 heavy (non-hydrogen) atoms. The van der Waals surface area contributed by atoms with Crippen LogP contribution in [0.1, 0.15) is 0 Å². The summed E-state index contributed by atoms with van der Waals surface area (Å²) in [6.07, 6.45) is 1.83. The minimum Gasteiger partial charge on any atom is -0.384 e. The number of rotatable bonds is 2. The van der Waals surface area contributed by atoms with Crippen molar-refractivity contribution in [3.63, 3.8) is 0 Å². The zero-order valence-corrected chi connectivity index (χ0v) is 7.88.